The highest BCUT2D eigenvalue weighted by Crippen LogP contribution is 2.46. The standard InChI is InChI=1S/C60H86N2O19/c1-34-14-11-10-12-15-35(2)46(74-7)32-41-19-17-39(6)60(73,80-41)57(70)58(71)61-25-13-16-42-43(30-40-18-20-45(77-27-26-63)48(31-40)75-8)47(78-59(72)53(42)61)33-44(64)36(3)29-38(5)55(56(76-9)54(69)37(4)28-34)79-51(67)23-24-52(68)81-62-49(65)21-22-50(62)66/h10-12,14-15,29,34,36-37,39-43,45-48,53,55-56,63,73H,13,16-28,30-33H2,1-9H3/b12-10+,14-11+,35-15+,38-29+/t34-,36-,37-,39-,40+,41+,42?,43+,45-,46+,47+,48-,53+,55-,56+,60-/m1/s1. The van der Waals surface area contributed by atoms with Gasteiger partial charge in [-0.3, -0.25) is 33.6 Å². The van der Waals surface area contributed by atoms with E-state index in [1.165, 1.54) is 12.0 Å². The number of methoxy groups -OCH3 is 3. The molecule has 7 aliphatic rings. The highest BCUT2D eigenvalue weighted by Gasteiger charge is 2.57. The summed E-state index contributed by atoms with van der Waals surface area (Å²) < 4.78 is 42.0. The van der Waals surface area contributed by atoms with Gasteiger partial charge < -0.3 is 53.1 Å². The summed E-state index contributed by atoms with van der Waals surface area (Å²) in [6.07, 6.45) is 8.39. The highest BCUT2D eigenvalue weighted by atomic mass is 16.7. The number of carbonyl (C=O) groups excluding carboxylic acids is 9. The summed E-state index contributed by atoms with van der Waals surface area (Å²) >= 11 is 0. The van der Waals surface area contributed by atoms with E-state index in [-0.39, 0.29) is 80.8 Å². The van der Waals surface area contributed by atoms with Crippen LogP contribution in [0.2, 0.25) is 0 Å². The molecular weight excluding hydrogens is 1050 g/mol. The number of ether oxygens (including phenoxy) is 7. The van der Waals surface area contributed by atoms with Crippen LogP contribution in [0.25, 0.3) is 0 Å². The average molecular weight is 1140 g/mol. The average Bonchev–Trinajstić information content (AvgIpc) is 3.84. The lowest BCUT2D eigenvalue weighted by molar-refractivity contribution is -0.266. The van der Waals surface area contributed by atoms with Crippen molar-refractivity contribution in [1.29, 1.82) is 0 Å². The normalized spacial score (nSPS) is 37.5. The lowest BCUT2D eigenvalue weighted by Gasteiger charge is -2.50. The molecule has 0 spiro atoms. The van der Waals surface area contributed by atoms with Crippen LogP contribution in [-0.2, 0) is 81.1 Å². The van der Waals surface area contributed by atoms with Crippen molar-refractivity contribution in [3.05, 3.63) is 47.6 Å². The molecular formula is C60H86N2O19. The van der Waals surface area contributed by atoms with Crippen LogP contribution in [0.3, 0.4) is 0 Å². The molecule has 1 unspecified atom stereocenters. The molecule has 21 heteroatoms. The number of imide groups is 1. The number of Topliss-reactive ketones (excluding diaryl/α,β-unsaturated/α-hetero) is 3. The van der Waals surface area contributed by atoms with Crippen LogP contribution in [-0.4, -0.2) is 169 Å². The smallest absolute Gasteiger partial charge is 0.333 e. The van der Waals surface area contributed by atoms with E-state index < -0.39 is 132 Å². The number of carbonyl (C=O) groups is 9. The maximum Gasteiger partial charge on any atom is 0.333 e. The van der Waals surface area contributed by atoms with E-state index in [0.717, 1.165) is 5.57 Å². The van der Waals surface area contributed by atoms with Gasteiger partial charge in [0.1, 0.15) is 17.9 Å². The number of aliphatic hydroxyl groups excluding tert-OH is 1. The SMILES string of the molecule is CO[C@H]1C[C@@H]2CC[C@@H](C)[C@@](O)(O2)C(=O)C(=O)N2CCCC3[C@H]2C(=O)O[C@@H](CC(=O)[C@H](C)/C=C(\C)[C@@H](OC(=O)CCC(=O)ON2C(=O)CCC2=O)[C@@H](OC)C(=O)[C@H](C)C[C@H](C)/C=C/C=C/C=C/1C)[C@H]3C[C@@H]1CC[C@@H](OCCO)[C@H](OC)C1. The van der Waals surface area contributed by atoms with Crippen LogP contribution in [0, 0.1) is 41.4 Å². The summed E-state index contributed by atoms with van der Waals surface area (Å²) in [5.74, 6) is -13.2. The minimum absolute atomic E-state index is 0.0124. The Morgan fingerprint density at radius 3 is 2.19 bits per heavy atom. The van der Waals surface area contributed by atoms with Crippen LogP contribution in [0.1, 0.15) is 138 Å². The second-order valence-corrected chi connectivity index (χ2v) is 23.1. The van der Waals surface area contributed by atoms with E-state index in [9.17, 15) is 53.4 Å². The zero-order valence-corrected chi connectivity index (χ0v) is 48.6. The van der Waals surface area contributed by atoms with Gasteiger partial charge in [-0.25, -0.2) is 9.59 Å². The van der Waals surface area contributed by atoms with Crippen molar-refractivity contribution in [2.24, 2.45) is 41.4 Å². The predicted molar refractivity (Wildman–Crippen MR) is 289 cm³/mol. The van der Waals surface area contributed by atoms with Gasteiger partial charge in [-0.15, -0.1) is 5.06 Å². The predicted octanol–water partition coefficient (Wildman–Crippen LogP) is 5.36. The molecule has 450 valence electrons. The van der Waals surface area contributed by atoms with Gasteiger partial charge in [0.2, 0.25) is 5.79 Å². The zero-order valence-electron chi connectivity index (χ0n) is 48.6. The monoisotopic (exact) mass is 1140 g/mol. The van der Waals surface area contributed by atoms with Crippen molar-refractivity contribution in [3.8, 4) is 0 Å². The largest absolute Gasteiger partial charge is 0.460 e. The summed E-state index contributed by atoms with van der Waals surface area (Å²) in [6.45, 7) is 10.4. The molecule has 7 rings (SSSR count). The van der Waals surface area contributed by atoms with Gasteiger partial charge in [0, 0.05) is 77.2 Å². The number of piperidine rings is 1. The Morgan fingerprint density at radius 1 is 0.790 bits per heavy atom. The number of esters is 2. The van der Waals surface area contributed by atoms with Crippen molar-refractivity contribution in [2.45, 2.75) is 192 Å². The van der Waals surface area contributed by atoms with Crippen molar-refractivity contribution >= 4 is 53.0 Å². The summed E-state index contributed by atoms with van der Waals surface area (Å²) in [7, 11) is 4.44. The molecule has 6 aliphatic heterocycles. The lowest BCUT2D eigenvalue weighted by atomic mass is 9.68. The molecule has 1 saturated carbocycles. The molecule has 6 heterocycles. The molecule has 3 amide bonds. The number of amides is 3. The van der Waals surface area contributed by atoms with Crippen LogP contribution in [0.4, 0.5) is 0 Å². The molecule has 0 aromatic heterocycles. The fraction of sp³-hybridized carbons (Fsp3) is 0.717. The molecule has 21 nitrogen and oxygen atoms in total. The number of fused-ring (bicyclic) bond motifs is 16. The topological polar surface area (TPSA) is 274 Å². The van der Waals surface area contributed by atoms with Gasteiger partial charge >= 0.3 is 17.9 Å². The van der Waals surface area contributed by atoms with Crippen LogP contribution in [0.5, 0.6) is 0 Å². The molecule has 0 aromatic rings. The molecule has 16 atom stereocenters. The Labute approximate surface area is 475 Å². The molecule has 81 heavy (non-hydrogen) atoms. The number of hydroxylamine groups is 2. The minimum Gasteiger partial charge on any atom is -0.460 e. The van der Waals surface area contributed by atoms with Gasteiger partial charge in [0.25, 0.3) is 23.5 Å². The third kappa shape index (κ3) is 16.3. The van der Waals surface area contributed by atoms with E-state index in [1.807, 2.05) is 44.2 Å². The van der Waals surface area contributed by atoms with Crippen molar-refractivity contribution in [1.82, 2.24) is 9.96 Å². The third-order valence-corrected chi connectivity index (χ3v) is 17.3. The van der Waals surface area contributed by atoms with Gasteiger partial charge in [0.05, 0.1) is 50.5 Å². The number of nitrogens with zero attached hydrogens (tertiary/aromatic N) is 2. The molecule has 6 bridgehead atoms. The number of hydrogen-bond donors (Lipinski definition) is 2. The van der Waals surface area contributed by atoms with Crippen molar-refractivity contribution < 1.29 is 91.4 Å². The summed E-state index contributed by atoms with van der Waals surface area (Å²) in [5.41, 5.74) is 1.10. The quantitative estimate of drug-likeness (QED) is 0.102. The Kier molecular flexibility index (Phi) is 23.9. The summed E-state index contributed by atoms with van der Waals surface area (Å²) in [4.78, 5) is 130. The van der Waals surface area contributed by atoms with E-state index in [2.05, 4.69) is 0 Å². The molecule has 4 saturated heterocycles. The summed E-state index contributed by atoms with van der Waals surface area (Å²) in [5, 5.41) is 22.0. The zero-order chi connectivity index (χ0) is 59.3. The van der Waals surface area contributed by atoms with Crippen molar-refractivity contribution in [3.63, 3.8) is 0 Å². The third-order valence-electron chi connectivity index (χ3n) is 17.3. The van der Waals surface area contributed by atoms with Crippen molar-refractivity contribution in [2.75, 3.05) is 41.1 Å². The first-order chi connectivity index (χ1) is 38.5. The Hall–Kier alpha value is -5.29. The van der Waals surface area contributed by atoms with Crippen LogP contribution >= 0.6 is 0 Å². The van der Waals surface area contributed by atoms with E-state index in [0.29, 0.717) is 62.9 Å². The minimum atomic E-state index is -2.50. The first-order valence-corrected chi connectivity index (χ1v) is 28.8. The highest BCUT2D eigenvalue weighted by molar-refractivity contribution is 6.39. The molecule has 0 radical (unpaired) electrons. The Bertz CT molecular complexity index is 2400. The van der Waals surface area contributed by atoms with Crippen LogP contribution in [0.15, 0.2) is 47.6 Å². The number of allylic oxidation sites excluding steroid dienone is 6. The number of rotatable bonds is 13. The second-order valence-electron chi connectivity index (χ2n) is 23.1. The number of hydrogen-bond acceptors (Lipinski definition) is 19. The number of aliphatic hydroxyl groups is 2. The maximum atomic E-state index is 14.7. The fourth-order valence-electron chi connectivity index (χ4n) is 12.6. The van der Waals surface area contributed by atoms with Gasteiger partial charge in [-0.05, 0) is 101 Å². The van der Waals surface area contributed by atoms with Gasteiger partial charge in [0.15, 0.2) is 18.0 Å². The molecule has 0 aromatic carbocycles. The first-order valence-electron chi connectivity index (χ1n) is 28.8. The second kappa shape index (κ2) is 29.8. The van der Waals surface area contributed by atoms with Gasteiger partial charge in [-0.1, -0.05) is 64.2 Å². The summed E-state index contributed by atoms with van der Waals surface area (Å²) in [6, 6.07) is -1.21. The Morgan fingerprint density at radius 2 is 1.51 bits per heavy atom. The van der Waals surface area contributed by atoms with E-state index >= 15 is 0 Å². The first kappa shape index (κ1) is 64.9. The lowest BCUT2D eigenvalue weighted by Crippen LogP contribution is -2.65. The van der Waals surface area contributed by atoms with E-state index in [4.69, 9.17) is 38.0 Å². The Balaban J connectivity index is 1.35. The van der Waals surface area contributed by atoms with E-state index in [1.54, 1.807) is 48.0 Å². The number of ketones is 3. The molecule has 1 aliphatic carbocycles. The molecule has 5 fully saturated rings. The fourth-order valence-corrected chi connectivity index (χ4v) is 12.6. The molecule has 2 N–H and O–H groups in total. The maximum absolute atomic E-state index is 14.7. The van der Waals surface area contributed by atoms with Crippen LogP contribution < -0.4 is 0 Å². The van der Waals surface area contributed by atoms with Gasteiger partial charge in [-0.2, -0.15) is 0 Å².